The van der Waals surface area contributed by atoms with Crippen molar-refractivity contribution in [2.75, 3.05) is 0 Å². The Bertz CT molecular complexity index is 64.4. The van der Waals surface area contributed by atoms with Crippen LogP contribution in [0.4, 0.5) is 0 Å². The first kappa shape index (κ1) is 10.0. The maximum absolute atomic E-state index is 3.95. The Balaban J connectivity index is 3.12. The smallest absolute Gasteiger partial charge is 0.0443 e. The molecule has 0 fully saturated rings. The van der Waals surface area contributed by atoms with E-state index in [2.05, 4.69) is 27.7 Å². The van der Waals surface area contributed by atoms with Gasteiger partial charge in [-0.2, -0.15) is 0 Å². The molecule has 0 rings (SSSR count). The molecule has 60 valence electrons. The van der Waals surface area contributed by atoms with Crippen molar-refractivity contribution in [2.24, 2.45) is 11.8 Å². The third kappa shape index (κ3) is 6.12. The number of hydrogen-bond donors (Lipinski definition) is 0. The summed E-state index contributed by atoms with van der Waals surface area (Å²) in [6.45, 7) is 12.3. The van der Waals surface area contributed by atoms with Crippen LogP contribution in [-0.4, -0.2) is 0 Å². The third-order valence-corrected chi connectivity index (χ3v) is 1.85. The van der Waals surface area contributed by atoms with E-state index in [9.17, 15) is 0 Å². The molecule has 2 radical (unpaired) electrons. The number of hydrogen-bond acceptors (Lipinski definition) is 0. The molecule has 0 heteroatoms. The molecule has 0 nitrogen and oxygen atoms in total. The average molecular weight is 140 g/mol. The summed E-state index contributed by atoms with van der Waals surface area (Å²) in [5.74, 6) is 1.47. The molecule has 2 atom stereocenters. The summed E-state index contributed by atoms with van der Waals surface area (Å²) in [6, 6.07) is 0. The Labute approximate surface area is 66.0 Å². The van der Waals surface area contributed by atoms with Crippen molar-refractivity contribution < 1.29 is 0 Å². The highest BCUT2D eigenvalue weighted by Crippen LogP contribution is 2.15. The SMILES string of the molecule is [CH2]CCC(C)CCC([CH2])C. The molecule has 2 unspecified atom stereocenters. The standard InChI is InChI=1S/C10H20/c1-5-6-10(4)8-7-9(2)3/h9-10H,1-2,5-8H2,3-4H3. The van der Waals surface area contributed by atoms with E-state index in [0.29, 0.717) is 5.92 Å². The van der Waals surface area contributed by atoms with E-state index in [1.807, 2.05) is 0 Å². The van der Waals surface area contributed by atoms with Crippen molar-refractivity contribution >= 4 is 0 Å². The predicted molar refractivity (Wildman–Crippen MR) is 47.5 cm³/mol. The molecule has 0 saturated carbocycles. The first-order valence-corrected chi connectivity index (χ1v) is 4.29. The normalized spacial score (nSPS) is 14.1. The summed E-state index contributed by atoms with van der Waals surface area (Å²) in [6.07, 6.45) is 4.93. The van der Waals surface area contributed by atoms with Crippen LogP contribution in [0, 0.1) is 25.7 Å². The van der Waals surface area contributed by atoms with Gasteiger partial charge in [0.05, 0.1) is 0 Å². The predicted octanol–water partition coefficient (Wildman–Crippen LogP) is 3.49. The molecule has 0 aromatic heterocycles. The van der Waals surface area contributed by atoms with E-state index in [4.69, 9.17) is 0 Å². The van der Waals surface area contributed by atoms with Gasteiger partial charge in [0.15, 0.2) is 0 Å². The molecule has 0 bridgehead atoms. The van der Waals surface area contributed by atoms with Crippen LogP contribution >= 0.6 is 0 Å². The van der Waals surface area contributed by atoms with Crippen LogP contribution in [0.2, 0.25) is 0 Å². The fourth-order valence-corrected chi connectivity index (χ4v) is 1.06. The molecule has 0 aromatic carbocycles. The molecular weight excluding hydrogens is 120 g/mol. The second-order valence-corrected chi connectivity index (χ2v) is 3.43. The minimum atomic E-state index is 0.618. The Morgan fingerprint density at radius 3 is 2.10 bits per heavy atom. The zero-order valence-electron chi connectivity index (χ0n) is 7.40. The maximum Gasteiger partial charge on any atom is -0.0443 e. The van der Waals surface area contributed by atoms with Gasteiger partial charge in [0.1, 0.15) is 0 Å². The van der Waals surface area contributed by atoms with Gasteiger partial charge in [-0.05, 0) is 11.8 Å². The van der Waals surface area contributed by atoms with Crippen molar-refractivity contribution in [2.45, 2.75) is 39.5 Å². The van der Waals surface area contributed by atoms with Crippen LogP contribution in [0.25, 0.3) is 0 Å². The Morgan fingerprint density at radius 2 is 1.70 bits per heavy atom. The summed E-state index contributed by atoms with van der Waals surface area (Å²) in [4.78, 5) is 0. The molecule has 0 aromatic rings. The lowest BCUT2D eigenvalue weighted by Gasteiger charge is -2.10. The van der Waals surface area contributed by atoms with E-state index < -0.39 is 0 Å². The molecule has 0 saturated heterocycles. The maximum atomic E-state index is 3.95. The van der Waals surface area contributed by atoms with E-state index in [1.165, 1.54) is 19.3 Å². The second-order valence-electron chi connectivity index (χ2n) is 3.43. The van der Waals surface area contributed by atoms with Crippen molar-refractivity contribution in [3.05, 3.63) is 13.8 Å². The van der Waals surface area contributed by atoms with Gasteiger partial charge in [0.25, 0.3) is 0 Å². The van der Waals surface area contributed by atoms with Gasteiger partial charge in [-0.15, -0.1) is 0 Å². The van der Waals surface area contributed by atoms with Gasteiger partial charge in [-0.3, -0.25) is 0 Å². The van der Waals surface area contributed by atoms with Crippen LogP contribution in [-0.2, 0) is 0 Å². The summed E-state index contributed by atoms with van der Waals surface area (Å²) in [7, 11) is 0. The topological polar surface area (TPSA) is 0 Å². The lowest BCUT2D eigenvalue weighted by molar-refractivity contribution is 0.445. The molecule has 0 N–H and O–H groups in total. The summed E-state index contributed by atoms with van der Waals surface area (Å²) in [5, 5.41) is 0. The Kier molecular flexibility index (Phi) is 5.76. The fraction of sp³-hybridized carbons (Fsp3) is 0.800. The van der Waals surface area contributed by atoms with Crippen LogP contribution in [0.1, 0.15) is 39.5 Å². The first-order valence-electron chi connectivity index (χ1n) is 4.29. The highest BCUT2D eigenvalue weighted by atomic mass is 14.1. The summed E-state index contributed by atoms with van der Waals surface area (Å²) < 4.78 is 0. The largest absolute Gasteiger partial charge is 0.0625 e. The van der Waals surface area contributed by atoms with Crippen molar-refractivity contribution in [3.63, 3.8) is 0 Å². The van der Waals surface area contributed by atoms with E-state index in [0.717, 1.165) is 12.3 Å². The van der Waals surface area contributed by atoms with Gasteiger partial charge in [0, 0.05) is 0 Å². The van der Waals surface area contributed by atoms with Crippen molar-refractivity contribution in [1.29, 1.82) is 0 Å². The van der Waals surface area contributed by atoms with E-state index in [-0.39, 0.29) is 0 Å². The molecule has 10 heavy (non-hydrogen) atoms. The monoisotopic (exact) mass is 140 g/mol. The minimum absolute atomic E-state index is 0.618. The van der Waals surface area contributed by atoms with E-state index in [1.54, 1.807) is 0 Å². The van der Waals surface area contributed by atoms with Crippen LogP contribution in [0.15, 0.2) is 0 Å². The molecular formula is C10H20. The van der Waals surface area contributed by atoms with Gasteiger partial charge in [-0.25, -0.2) is 0 Å². The minimum Gasteiger partial charge on any atom is -0.0625 e. The Morgan fingerprint density at radius 1 is 1.10 bits per heavy atom. The highest BCUT2D eigenvalue weighted by Gasteiger charge is 2.01. The average Bonchev–Trinajstić information content (AvgIpc) is 1.85. The zero-order chi connectivity index (χ0) is 7.98. The molecule has 0 aliphatic heterocycles. The molecule has 0 amide bonds. The number of rotatable bonds is 5. The Hall–Kier alpha value is 0. The van der Waals surface area contributed by atoms with Gasteiger partial charge in [-0.1, -0.05) is 53.4 Å². The highest BCUT2D eigenvalue weighted by molar-refractivity contribution is 4.59. The molecule has 0 aliphatic rings. The molecule has 0 heterocycles. The van der Waals surface area contributed by atoms with Gasteiger partial charge >= 0.3 is 0 Å². The molecule has 0 spiro atoms. The lowest BCUT2D eigenvalue weighted by Crippen LogP contribution is -1.97. The van der Waals surface area contributed by atoms with Crippen molar-refractivity contribution in [3.8, 4) is 0 Å². The first-order chi connectivity index (χ1) is 4.66. The van der Waals surface area contributed by atoms with Crippen LogP contribution < -0.4 is 0 Å². The van der Waals surface area contributed by atoms with Gasteiger partial charge < -0.3 is 0 Å². The van der Waals surface area contributed by atoms with Crippen LogP contribution in [0.3, 0.4) is 0 Å². The van der Waals surface area contributed by atoms with Gasteiger partial charge in [0.2, 0.25) is 0 Å². The second kappa shape index (κ2) is 5.76. The zero-order valence-corrected chi connectivity index (χ0v) is 7.40. The third-order valence-electron chi connectivity index (χ3n) is 1.85. The van der Waals surface area contributed by atoms with Crippen LogP contribution in [0.5, 0.6) is 0 Å². The molecule has 0 aliphatic carbocycles. The lowest BCUT2D eigenvalue weighted by atomic mass is 9.96. The fourth-order valence-electron chi connectivity index (χ4n) is 1.06. The summed E-state index contributed by atoms with van der Waals surface area (Å²) in [5.41, 5.74) is 0. The van der Waals surface area contributed by atoms with Crippen molar-refractivity contribution in [1.82, 2.24) is 0 Å². The quantitative estimate of drug-likeness (QED) is 0.548. The van der Waals surface area contributed by atoms with E-state index >= 15 is 0 Å². The summed E-state index contributed by atoms with van der Waals surface area (Å²) >= 11 is 0.